The van der Waals surface area contributed by atoms with Gasteiger partial charge in [0.05, 0.1) is 28.8 Å². The van der Waals surface area contributed by atoms with Crippen molar-refractivity contribution in [1.82, 2.24) is 0 Å². The van der Waals surface area contributed by atoms with Gasteiger partial charge in [-0.25, -0.2) is 8.42 Å². The van der Waals surface area contributed by atoms with Gasteiger partial charge in [0.15, 0.2) is 8.32 Å². The average molecular weight is 581 g/mol. The molecule has 0 spiro atoms. The molecule has 0 bridgehead atoms. The van der Waals surface area contributed by atoms with Crippen LogP contribution in [0, 0.1) is 0 Å². The van der Waals surface area contributed by atoms with E-state index in [0.29, 0.717) is 16.3 Å². The molecule has 1 aliphatic rings. The minimum absolute atomic E-state index is 0.0670. The monoisotopic (exact) mass is 579 g/mol. The molecule has 1 heterocycles. The molecule has 0 saturated carbocycles. The molecule has 5 nitrogen and oxygen atoms in total. The zero-order valence-corrected chi connectivity index (χ0v) is 23.3. The fourth-order valence-corrected chi connectivity index (χ4v) is 6.71. The van der Waals surface area contributed by atoms with E-state index >= 15 is 0 Å². The summed E-state index contributed by atoms with van der Waals surface area (Å²) in [6.07, 6.45) is -5.76. The zero-order valence-electron chi connectivity index (χ0n) is 19.9. The number of rotatable bonds is 5. The third-order valence-electron chi connectivity index (χ3n) is 6.37. The van der Waals surface area contributed by atoms with Gasteiger partial charge in [0, 0.05) is 4.47 Å². The summed E-state index contributed by atoms with van der Waals surface area (Å²) in [6.45, 7) is 12.2. The molecule has 0 aliphatic carbocycles. The molecule has 34 heavy (non-hydrogen) atoms. The first kappa shape index (κ1) is 27.0. The Morgan fingerprint density at radius 2 is 1.79 bits per heavy atom. The Labute approximate surface area is 208 Å². The van der Waals surface area contributed by atoms with Crippen LogP contribution in [-0.2, 0) is 20.6 Å². The average Bonchev–Trinajstić information content (AvgIpc) is 2.71. The highest BCUT2D eigenvalue weighted by atomic mass is 79.9. The molecule has 3 rings (SSSR count). The second-order valence-corrected chi connectivity index (χ2v) is 17.4. The maximum Gasteiger partial charge on any atom is 0.416 e. The summed E-state index contributed by atoms with van der Waals surface area (Å²) in [5.41, 5.74) is -0.773. The van der Waals surface area contributed by atoms with E-state index in [0.717, 1.165) is 16.4 Å². The Bertz CT molecular complexity index is 1170. The van der Waals surface area contributed by atoms with Crippen molar-refractivity contribution in [3.63, 3.8) is 0 Å². The van der Waals surface area contributed by atoms with Crippen molar-refractivity contribution in [2.45, 2.75) is 69.1 Å². The van der Waals surface area contributed by atoms with Crippen molar-refractivity contribution in [1.29, 1.82) is 0 Å². The molecule has 0 saturated heterocycles. The molecule has 0 aromatic heterocycles. The Morgan fingerprint density at radius 3 is 2.38 bits per heavy atom. The Balaban J connectivity index is 2.03. The summed E-state index contributed by atoms with van der Waals surface area (Å²) in [7, 11) is -6.52. The molecule has 2 atom stereocenters. The number of ether oxygens (including phenoxy) is 1. The van der Waals surface area contributed by atoms with E-state index < -0.39 is 47.2 Å². The molecule has 0 unspecified atom stereocenters. The van der Waals surface area contributed by atoms with Crippen molar-refractivity contribution < 1.29 is 30.8 Å². The third-order valence-corrected chi connectivity index (χ3v) is 13.2. The molecule has 0 fully saturated rings. The molecule has 1 aliphatic heterocycles. The lowest BCUT2D eigenvalue weighted by Crippen LogP contribution is -2.52. The van der Waals surface area contributed by atoms with Gasteiger partial charge in [0.2, 0.25) is 0 Å². The SMILES string of the molecule is C[C@H](O[Si](C)(C)C(C)(C)C)[C@@H]1CN(S(=O)(=O)c2cccc(C(F)(F)F)c2)c2cc(Br)ccc2O1. The molecule has 0 radical (unpaired) electrons. The number of nitrogens with zero attached hydrogens (tertiary/aromatic N) is 1. The van der Waals surface area contributed by atoms with E-state index in [9.17, 15) is 21.6 Å². The van der Waals surface area contributed by atoms with Crippen LogP contribution in [0.1, 0.15) is 33.3 Å². The maximum absolute atomic E-state index is 13.6. The second kappa shape index (κ2) is 9.14. The van der Waals surface area contributed by atoms with Gasteiger partial charge in [0.1, 0.15) is 11.9 Å². The van der Waals surface area contributed by atoms with Gasteiger partial charge in [-0.15, -0.1) is 0 Å². The fourth-order valence-electron chi connectivity index (χ4n) is 3.40. The summed E-state index contributed by atoms with van der Waals surface area (Å²) >= 11 is 3.34. The predicted octanol–water partition coefficient (Wildman–Crippen LogP) is 6.83. The van der Waals surface area contributed by atoms with E-state index in [1.54, 1.807) is 18.2 Å². The zero-order chi connectivity index (χ0) is 25.7. The first-order valence-corrected chi connectivity index (χ1v) is 15.9. The number of anilines is 1. The quantitative estimate of drug-likeness (QED) is 0.364. The number of hydrogen-bond acceptors (Lipinski definition) is 4. The summed E-state index contributed by atoms with van der Waals surface area (Å²) < 4.78 is 81.3. The van der Waals surface area contributed by atoms with Crippen LogP contribution in [0.3, 0.4) is 0 Å². The lowest BCUT2D eigenvalue weighted by molar-refractivity contribution is -0.137. The number of alkyl halides is 3. The number of benzene rings is 2. The lowest BCUT2D eigenvalue weighted by Gasteiger charge is -2.43. The molecule has 11 heteroatoms. The number of fused-ring (bicyclic) bond motifs is 1. The lowest BCUT2D eigenvalue weighted by atomic mass is 10.1. The predicted molar refractivity (Wildman–Crippen MR) is 132 cm³/mol. The summed E-state index contributed by atoms with van der Waals surface area (Å²) in [4.78, 5) is -0.438. The molecule has 0 N–H and O–H groups in total. The van der Waals surface area contributed by atoms with Crippen molar-refractivity contribution in [3.05, 3.63) is 52.5 Å². The van der Waals surface area contributed by atoms with Crippen molar-refractivity contribution in [3.8, 4) is 5.75 Å². The number of sulfonamides is 1. The largest absolute Gasteiger partial charge is 0.484 e. The van der Waals surface area contributed by atoms with Crippen molar-refractivity contribution in [2.24, 2.45) is 0 Å². The topological polar surface area (TPSA) is 55.8 Å². The Hall–Kier alpha value is -1.56. The van der Waals surface area contributed by atoms with Gasteiger partial charge in [-0.05, 0) is 61.5 Å². The van der Waals surface area contributed by atoms with Gasteiger partial charge in [-0.2, -0.15) is 13.2 Å². The highest BCUT2D eigenvalue weighted by Crippen LogP contribution is 2.42. The fraction of sp³-hybridized carbons (Fsp3) is 0.478. The smallest absolute Gasteiger partial charge is 0.416 e. The van der Waals surface area contributed by atoms with Crippen LogP contribution in [-0.4, -0.2) is 35.5 Å². The molecule has 188 valence electrons. The Morgan fingerprint density at radius 1 is 1.15 bits per heavy atom. The van der Waals surface area contributed by atoms with E-state index in [1.165, 1.54) is 6.07 Å². The van der Waals surface area contributed by atoms with E-state index in [1.807, 2.05) is 6.92 Å². The van der Waals surface area contributed by atoms with Crippen LogP contribution in [0.15, 0.2) is 51.8 Å². The van der Waals surface area contributed by atoms with Gasteiger partial charge >= 0.3 is 6.18 Å². The molecule has 2 aromatic rings. The van der Waals surface area contributed by atoms with E-state index in [-0.39, 0.29) is 17.3 Å². The first-order chi connectivity index (χ1) is 15.4. The standard InChI is InChI=1S/C23H29BrF3NO4SSi/c1-15(32-34(5,6)22(2,3)4)21-14-28(19-13-17(24)10-11-20(19)31-21)33(29,30)18-9-7-8-16(12-18)23(25,26)27/h7-13,15,21H,14H2,1-6H3/t15-,21-/m0/s1. The van der Waals surface area contributed by atoms with Crippen LogP contribution in [0.2, 0.25) is 18.1 Å². The van der Waals surface area contributed by atoms with Crippen LogP contribution in [0.4, 0.5) is 18.9 Å². The molecular formula is C23H29BrF3NO4SSi. The van der Waals surface area contributed by atoms with Gasteiger partial charge in [0.25, 0.3) is 10.0 Å². The Kier molecular flexibility index (Phi) is 7.27. The molecule has 0 amide bonds. The summed E-state index contributed by atoms with van der Waals surface area (Å²) in [5.74, 6) is 0.320. The van der Waals surface area contributed by atoms with Crippen LogP contribution in [0.25, 0.3) is 0 Å². The first-order valence-electron chi connectivity index (χ1n) is 10.8. The highest BCUT2D eigenvalue weighted by molar-refractivity contribution is 9.10. The van der Waals surface area contributed by atoms with E-state index in [4.69, 9.17) is 9.16 Å². The van der Waals surface area contributed by atoms with Crippen LogP contribution in [0.5, 0.6) is 5.75 Å². The minimum Gasteiger partial charge on any atom is -0.484 e. The van der Waals surface area contributed by atoms with Gasteiger partial charge in [-0.1, -0.05) is 42.8 Å². The second-order valence-electron chi connectivity index (χ2n) is 9.91. The van der Waals surface area contributed by atoms with Crippen molar-refractivity contribution in [2.75, 3.05) is 10.8 Å². The van der Waals surface area contributed by atoms with Gasteiger partial charge in [-0.3, -0.25) is 4.31 Å². The van der Waals surface area contributed by atoms with E-state index in [2.05, 4.69) is 49.8 Å². The minimum atomic E-state index is -4.66. The molecular weight excluding hydrogens is 551 g/mol. The van der Waals surface area contributed by atoms with Gasteiger partial charge < -0.3 is 9.16 Å². The number of halogens is 4. The number of hydrogen-bond donors (Lipinski definition) is 0. The molecule has 2 aromatic carbocycles. The summed E-state index contributed by atoms with van der Waals surface area (Å²) in [6, 6.07) is 8.71. The van der Waals surface area contributed by atoms with Crippen LogP contribution < -0.4 is 9.04 Å². The normalized spacial score (nSPS) is 18.3. The third kappa shape index (κ3) is 5.47. The van der Waals surface area contributed by atoms with Crippen LogP contribution >= 0.6 is 15.9 Å². The summed E-state index contributed by atoms with van der Waals surface area (Å²) in [5, 5.41) is -0.0670. The highest BCUT2D eigenvalue weighted by Gasteiger charge is 2.43. The van der Waals surface area contributed by atoms with Crippen molar-refractivity contribution >= 4 is 40.0 Å². The maximum atomic E-state index is 13.6.